The lowest BCUT2D eigenvalue weighted by Gasteiger charge is -2.31. The summed E-state index contributed by atoms with van der Waals surface area (Å²) in [7, 11) is 3.27. The van der Waals surface area contributed by atoms with E-state index >= 15 is 0 Å². The monoisotopic (exact) mass is 463 g/mol. The molecule has 1 saturated heterocycles. The van der Waals surface area contributed by atoms with Gasteiger partial charge in [-0.3, -0.25) is 4.79 Å². The van der Waals surface area contributed by atoms with E-state index in [1.54, 1.807) is 25.6 Å². The lowest BCUT2D eigenvalue weighted by molar-refractivity contribution is -0.120. The van der Waals surface area contributed by atoms with Crippen LogP contribution in [0.15, 0.2) is 54.7 Å². The van der Waals surface area contributed by atoms with Gasteiger partial charge in [0.1, 0.15) is 11.5 Å². The van der Waals surface area contributed by atoms with E-state index in [2.05, 4.69) is 10.2 Å². The molecule has 1 aliphatic heterocycles. The van der Waals surface area contributed by atoms with Crippen molar-refractivity contribution in [3.63, 3.8) is 0 Å². The second kappa shape index (κ2) is 9.11. The predicted molar refractivity (Wildman–Crippen MR) is 129 cm³/mol. The number of imidazole rings is 1. The summed E-state index contributed by atoms with van der Waals surface area (Å²) >= 11 is 1.54. The Morgan fingerprint density at radius 2 is 1.94 bits per heavy atom. The highest BCUT2D eigenvalue weighted by Gasteiger charge is 2.28. The summed E-state index contributed by atoms with van der Waals surface area (Å²) in [5.74, 6) is 1.46. The molecule has 0 bridgehead atoms. The number of carbonyl (C=O) groups excluding carboxylic acids is 1. The van der Waals surface area contributed by atoms with Crippen LogP contribution in [0.5, 0.6) is 11.5 Å². The van der Waals surface area contributed by atoms with Gasteiger partial charge in [0.2, 0.25) is 16.0 Å². The van der Waals surface area contributed by atoms with Crippen LogP contribution in [0.3, 0.4) is 0 Å². The highest BCUT2D eigenvalue weighted by Crippen LogP contribution is 2.30. The summed E-state index contributed by atoms with van der Waals surface area (Å²) in [5.41, 5.74) is 2.63. The van der Waals surface area contributed by atoms with Crippen molar-refractivity contribution < 1.29 is 14.3 Å². The molecule has 0 spiro atoms. The Morgan fingerprint density at radius 3 is 2.70 bits per heavy atom. The maximum Gasteiger partial charge on any atom is 0.229 e. The third kappa shape index (κ3) is 4.49. The SMILES string of the molecule is COc1ccc(-c2cn3nc(N4CCCC(C(=O)Nc5cccc(OC)c5)C4)sc3n2)cc1. The molecule has 1 N–H and O–H groups in total. The standard InChI is InChI=1S/C24H25N5O3S/c1-31-19-10-8-16(9-11-19)21-15-29-23(26-21)33-24(27-29)28-12-4-5-17(14-28)22(30)25-18-6-3-7-20(13-18)32-2/h3,6-11,13,15,17H,4-5,12,14H2,1-2H3,(H,25,30). The van der Waals surface area contributed by atoms with Gasteiger partial charge >= 0.3 is 0 Å². The molecule has 9 heteroatoms. The summed E-state index contributed by atoms with van der Waals surface area (Å²) in [6.45, 7) is 1.52. The maximum absolute atomic E-state index is 12.9. The van der Waals surface area contributed by atoms with E-state index in [0.717, 1.165) is 57.9 Å². The topological polar surface area (TPSA) is 81.0 Å². The average Bonchev–Trinajstić information content (AvgIpc) is 3.44. The van der Waals surface area contributed by atoms with Crippen LogP contribution in [-0.2, 0) is 4.79 Å². The van der Waals surface area contributed by atoms with Crippen molar-refractivity contribution in [2.24, 2.45) is 5.92 Å². The van der Waals surface area contributed by atoms with Crippen LogP contribution in [0, 0.1) is 5.92 Å². The first-order valence-electron chi connectivity index (χ1n) is 10.8. The summed E-state index contributed by atoms with van der Waals surface area (Å²) in [6, 6.07) is 15.2. The van der Waals surface area contributed by atoms with Crippen molar-refractivity contribution in [2.75, 3.05) is 37.5 Å². The molecule has 2 aromatic carbocycles. The van der Waals surface area contributed by atoms with E-state index in [0.29, 0.717) is 6.54 Å². The Balaban J connectivity index is 1.28. The Bertz CT molecular complexity index is 1240. The van der Waals surface area contributed by atoms with Crippen LogP contribution in [0.4, 0.5) is 10.8 Å². The van der Waals surface area contributed by atoms with E-state index in [4.69, 9.17) is 19.6 Å². The molecule has 1 aliphatic rings. The van der Waals surface area contributed by atoms with Crippen LogP contribution in [0.2, 0.25) is 0 Å². The van der Waals surface area contributed by atoms with Gasteiger partial charge in [-0.15, -0.1) is 5.10 Å². The van der Waals surface area contributed by atoms with E-state index in [9.17, 15) is 4.79 Å². The van der Waals surface area contributed by atoms with E-state index in [1.165, 1.54) is 0 Å². The minimum Gasteiger partial charge on any atom is -0.497 e. The first kappa shape index (κ1) is 21.3. The van der Waals surface area contributed by atoms with Gasteiger partial charge in [-0.2, -0.15) is 0 Å². The number of piperidine rings is 1. The smallest absolute Gasteiger partial charge is 0.229 e. The van der Waals surface area contributed by atoms with Crippen LogP contribution >= 0.6 is 11.3 Å². The van der Waals surface area contributed by atoms with Crippen molar-refractivity contribution in [1.29, 1.82) is 0 Å². The quantitative estimate of drug-likeness (QED) is 0.458. The largest absolute Gasteiger partial charge is 0.497 e. The van der Waals surface area contributed by atoms with E-state index in [-0.39, 0.29) is 11.8 Å². The predicted octanol–water partition coefficient (Wildman–Crippen LogP) is 4.33. The number of anilines is 2. The van der Waals surface area contributed by atoms with Gasteiger partial charge in [-0.1, -0.05) is 17.4 Å². The first-order valence-corrected chi connectivity index (χ1v) is 11.6. The molecular formula is C24H25N5O3S. The molecule has 3 heterocycles. The van der Waals surface area contributed by atoms with Gasteiger partial charge in [0.25, 0.3) is 0 Å². The zero-order chi connectivity index (χ0) is 22.8. The minimum atomic E-state index is -0.101. The number of hydrogen-bond acceptors (Lipinski definition) is 7. The fraction of sp³-hybridized carbons (Fsp3) is 0.292. The van der Waals surface area contributed by atoms with Crippen LogP contribution < -0.4 is 19.7 Å². The lowest BCUT2D eigenvalue weighted by Crippen LogP contribution is -2.40. The summed E-state index contributed by atoms with van der Waals surface area (Å²) < 4.78 is 12.3. The van der Waals surface area contributed by atoms with Crippen molar-refractivity contribution in [2.45, 2.75) is 12.8 Å². The molecule has 2 aromatic heterocycles. The zero-order valence-corrected chi connectivity index (χ0v) is 19.3. The summed E-state index contributed by atoms with van der Waals surface area (Å²) in [5, 5.41) is 8.65. The average molecular weight is 464 g/mol. The van der Waals surface area contributed by atoms with Crippen LogP contribution in [0.25, 0.3) is 16.2 Å². The normalized spacial score (nSPS) is 16.1. The fourth-order valence-electron chi connectivity index (χ4n) is 4.03. The molecular weight excluding hydrogens is 438 g/mol. The number of rotatable bonds is 6. The number of aromatic nitrogens is 3. The van der Waals surface area contributed by atoms with Crippen molar-refractivity contribution in [3.8, 4) is 22.8 Å². The highest BCUT2D eigenvalue weighted by molar-refractivity contribution is 7.20. The third-order valence-corrected chi connectivity index (χ3v) is 6.80. The molecule has 4 aromatic rings. The summed E-state index contributed by atoms with van der Waals surface area (Å²) in [6.07, 6.45) is 3.74. The Morgan fingerprint density at radius 1 is 1.12 bits per heavy atom. The van der Waals surface area contributed by atoms with Crippen molar-refractivity contribution in [1.82, 2.24) is 14.6 Å². The number of benzene rings is 2. The fourth-order valence-corrected chi connectivity index (χ4v) is 4.95. The molecule has 8 nitrogen and oxygen atoms in total. The van der Waals surface area contributed by atoms with Crippen LogP contribution in [0.1, 0.15) is 12.8 Å². The van der Waals surface area contributed by atoms with E-state index in [1.807, 2.05) is 59.2 Å². The third-order valence-electron chi connectivity index (χ3n) is 5.82. The number of amides is 1. The van der Waals surface area contributed by atoms with Crippen LogP contribution in [-0.4, -0.2) is 47.8 Å². The Hall–Kier alpha value is -3.59. The number of nitrogens with zero attached hydrogens (tertiary/aromatic N) is 4. The molecule has 0 aliphatic carbocycles. The molecule has 1 atom stereocenters. The second-order valence-corrected chi connectivity index (χ2v) is 8.91. The molecule has 1 unspecified atom stereocenters. The first-order chi connectivity index (χ1) is 16.1. The van der Waals surface area contributed by atoms with Gasteiger partial charge in [-0.05, 0) is 49.2 Å². The maximum atomic E-state index is 12.9. The van der Waals surface area contributed by atoms with Crippen molar-refractivity contribution >= 4 is 33.0 Å². The van der Waals surface area contributed by atoms with Gasteiger partial charge in [0, 0.05) is 30.4 Å². The van der Waals surface area contributed by atoms with Gasteiger partial charge in [0.15, 0.2) is 0 Å². The number of carbonyl (C=O) groups is 1. The lowest BCUT2D eigenvalue weighted by atomic mass is 9.97. The van der Waals surface area contributed by atoms with Gasteiger partial charge in [0.05, 0.1) is 32.0 Å². The van der Waals surface area contributed by atoms with Gasteiger partial charge in [-0.25, -0.2) is 9.50 Å². The molecule has 170 valence electrons. The minimum absolute atomic E-state index is 0.0241. The zero-order valence-electron chi connectivity index (χ0n) is 18.5. The summed E-state index contributed by atoms with van der Waals surface area (Å²) in [4.78, 5) is 20.7. The number of ether oxygens (including phenoxy) is 2. The second-order valence-electron chi connectivity index (χ2n) is 7.97. The number of nitrogens with one attached hydrogen (secondary N) is 1. The molecule has 0 radical (unpaired) electrons. The highest BCUT2D eigenvalue weighted by atomic mass is 32.1. The Labute approximate surface area is 195 Å². The number of fused-ring (bicyclic) bond motifs is 1. The molecule has 33 heavy (non-hydrogen) atoms. The number of methoxy groups -OCH3 is 2. The molecule has 1 fully saturated rings. The molecule has 1 amide bonds. The number of hydrogen-bond donors (Lipinski definition) is 1. The Kier molecular flexibility index (Phi) is 5.87. The van der Waals surface area contributed by atoms with Crippen molar-refractivity contribution in [3.05, 3.63) is 54.7 Å². The van der Waals surface area contributed by atoms with E-state index < -0.39 is 0 Å². The molecule has 5 rings (SSSR count). The molecule has 0 saturated carbocycles. The van der Waals surface area contributed by atoms with Gasteiger partial charge < -0.3 is 19.7 Å².